The average molecular weight is 278 g/mol. The molecule has 0 saturated heterocycles. The van der Waals surface area contributed by atoms with Gasteiger partial charge >= 0.3 is 0 Å². The smallest absolute Gasteiger partial charge is 0.193 e. The Morgan fingerprint density at radius 2 is 1.74 bits per heavy atom. The van der Waals surface area contributed by atoms with E-state index in [4.69, 9.17) is 4.43 Å². The first-order chi connectivity index (χ1) is 8.63. The summed E-state index contributed by atoms with van der Waals surface area (Å²) in [4.78, 5) is 11.9. The third-order valence-electron chi connectivity index (χ3n) is 3.96. The molecule has 19 heavy (non-hydrogen) atoms. The van der Waals surface area contributed by atoms with Crippen molar-refractivity contribution in [2.24, 2.45) is 0 Å². The highest BCUT2D eigenvalue weighted by Gasteiger charge is 2.40. The molecule has 2 nitrogen and oxygen atoms in total. The van der Waals surface area contributed by atoms with Gasteiger partial charge in [0.1, 0.15) is 6.10 Å². The summed E-state index contributed by atoms with van der Waals surface area (Å²) in [6.45, 7) is 12.6. The molecular formula is C16H26O2Si. The Labute approximate surface area is 118 Å². The number of ketones is 1. The van der Waals surface area contributed by atoms with Crippen molar-refractivity contribution < 1.29 is 9.22 Å². The fraction of sp³-hybridized carbons (Fsp3) is 0.562. The van der Waals surface area contributed by atoms with Gasteiger partial charge in [-0.3, -0.25) is 4.79 Å². The molecule has 1 atom stereocenters. The number of carbonyl (C=O) groups excluding carboxylic acids is 1. The molecule has 0 aromatic heterocycles. The van der Waals surface area contributed by atoms with Crippen molar-refractivity contribution in [3.05, 3.63) is 35.9 Å². The van der Waals surface area contributed by atoms with Crippen molar-refractivity contribution in [2.45, 2.75) is 58.4 Å². The zero-order valence-corrected chi connectivity index (χ0v) is 14.0. The minimum atomic E-state index is -1.91. The van der Waals surface area contributed by atoms with Gasteiger partial charge in [-0.05, 0) is 30.6 Å². The van der Waals surface area contributed by atoms with E-state index in [9.17, 15) is 4.79 Å². The van der Waals surface area contributed by atoms with E-state index in [0.29, 0.717) is 6.42 Å². The molecule has 106 valence electrons. The van der Waals surface area contributed by atoms with Crippen LogP contribution in [0.5, 0.6) is 0 Å². The molecule has 0 radical (unpaired) electrons. The Bertz CT molecular complexity index is 418. The van der Waals surface area contributed by atoms with Crippen molar-refractivity contribution in [3.8, 4) is 0 Å². The fourth-order valence-corrected chi connectivity index (χ4v) is 2.94. The second-order valence-electron chi connectivity index (χ2n) is 6.67. The van der Waals surface area contributed by atoms with Crippen LogP contribution in [0.2, 0.25) is 18.1 Å². The van der Waals surface area contributed by atoms with E-state index in [-0.39, 0.29) is 16.9 Å². The van der Waals surface area contributed by atoms with Crippen molar-refractivity contribution in [2.75, 3.05) is 0 Å². The third kappa shape index (κ3) is 4.59. The van der Waals surface area contributed by atoms with E-state index in [1.54, 1.807) is 6.92 Å². The quantitative estimate of drug-likeness (QED) is 0.754. The van der Waals surface area contributed by atoms with E-state index >= 15 is 0 Å². The van der Waals surface area contributed by atoms with Gasteiger partial charge in [0.05, 0.1) is 0 Å². The molecule has 0 aliphatic heterocycles. The maximum atomic E-state index is 11.9. The molecule has 0 aliphatic carbocycles. The molecule has 0 spiro atoms. The summed E-state index contributed by atoms with van der Waals surface area (Å²) < 4.78 is 6.26. The maximum Gasteiger partial charge on any atom is 0.193 e. The normalized spacial score (nSPS) is 14.2. The van der Waals surface area contributed by atoms with Crippen molar-refractivity contribution in [3.63, 3.8) is 0 Å². The van der Waals surface area contributed by atoms with E-state index in [1.165, 1.54) is 0 Å². The predicted molar refractivity (Wildman–Crippen MR) is 82.9 cm³/mol. The minimum absolute atomic E-state index is 0.119. The summed E-state index contributed by atoms with van der Waals surface area (Å²) >= 11 is 0. The topological polar surface area (TPSA) is 26.3 Å². The molecule has 3 heteroatoms. The standard InChI is InChI=1S/C16H26O2Si/c1-13(17)15(12-14-10-8-7-9-11-14)18-19(5,6)16(2,3)4/h7-11,15H,12H2,1-6H3. The summed E-state index contributed by atoms with van der Waals surface area (Å²) in [5.41, 5.74) is 1.15. The van der Waals surface area contributed by atoms with Gasteiger partial charge in [0, 0.05) is 6.42 Å². The lowest BCUT2D eigenvalue weighted by molar-refractivity contribution is -0.124. The molecule has 0 fully saturated rings. The molecule has 0 saturated carbocycles. The largest absolute Gasteiger partial charge is 0.407 e. The van der Waals surface area contributed by atoms with Crippen LogP contribution in [0, 0.1) is 0 Å². The molecule has 1 unspecified atom stereocenters. The molecule has 0 bridgehead atoms. The van der Waals surface area contributed by atoms with Gasteiger partial charge in [-0.2, -0.15) is 0 Å². The van der Waals surface area contributed by atoms with Gasteiger partial charge in [0.15, 0.2) is 14.1 Å². The van der Waals surface area contributed by atoms with Crippen LogP contribution in [0.25, 0.3) is 0 Å². The summed E-state index contributed by atoms with van der Waals surface area (Å²) in [5.74, 6) is 0.119. The zero-order chi connectivity index (χ0) is 14.7. The molecule has 0 aliphatic rings. The third-order valence-corrected chi connectivity index (χ3v) is 8.45. The first-order valence-corrected chi connectivity index (χ1v) is 9.76. The highest BCUT2D eigenvalue weighted by Crippen LogP contribution is 2.37. The van der Waals surface area contributed by atoms with Gasteiger partial charge < -0.3 is 4.43 Å². The number of hydrogen-bond donors (Lipinski definition) is 0. The molecule has 0 amide bonds. The SMILES string of the molecule is CC(=O)C(Cc1ccccc1)O[Si](C)(C)C(C)(C)C. The predicted octanol–water partition coefficient (Wildman–Crippen LogP) is 4.21. The molecule has 0 heterocycles. The lowest BCUT2D eigenvalue weighted by atomic mass is 10.1. The van der Waals surface area contributed by atoms with Crippen LogP contribution < -0.4 is 0 Å². The van der Waals surface area contributed by atoms with Gasteiger partial charge in [-0.25, -0.2) is 0 Å². The number of carbonyl (C=O) groups is 1. The van der Waals surface area contributed by atoms with Crippen LogP contribution >= 0.6 is 0 Å². The lowest BCUT2D eigenvalue weighted by Gasteiger charge is -2.38. The van der Waals surface area contributed by atoms with E-state index < -0.39 is 8.32 Å². The van der Waals surface area contributed by atoms with Crippen LogP contribution in [0.3, 0.4) is 0 Å². The van der Waals surface area contributed by atoms with Crippen LogP contribution in [0.4, 0.5) is 0 Å². The highest BCUT2D eigenvalue weighted by atomic mass is 28.4. The van der Waals surface area contributed by atoms with Crippen LogP contribution in [0.1, 0.15) is 33.3 Å². The van der Waals surface area contributed by atoms with Crippen LogP contribution in [0.15, 0.2) is 30.3 Å². The summed E-state index contributed by atoms with van der Waals surface area (Å²) in [6.07, 6.45) is 0.353. The van der Waals surface area contributed by atoms with Gasteiger partial charge in [-0.1, -0.05) is 51.1 Å². The number of rotatable bonds is 5. The summed E-state index contributed by atoms with van der Waals surface area (Å²) in [7, 11) is -1.91. The Hall–Kier alpha value is -0.933. The molecular weight excluding hydrogens is 252 g/mol. The van der Waals surface area contributed by atoms with Gasteiger partial charge in [-0.15, -0.1) is 0 Å². The Morgan fingerprint density at radius 3 is 2.16 bits per heavy atom. The average Bonchev–Trinajstić information content (AvgIpc) is 2.27. The van der Waals surface area contributed by atoms with E-state index in [2.05, 4.69) is 33.9 Å². The number of hydrogen-bond acceptors (Lipinski definition) is 2. The fourth-order valence-electron chi connectivity index (χ4n) is 1.63. The summed E-state index contributed by atoms with van der Waals surface area (Å²) in [5, 5.41) is 0.122. The number of benzene rings is 1. The lowest BCUT2D eigenvalue weighted by Crippen LogP contribution is -2.46. The second kappa shape index (κ2) is 6.01. The monoisotopic (exact) mass is 278 g/mol. The van der Waals surface area contributed by atoms with E-state index in [0.717, 1.165) is 5.56 Å². The molecule has 1 aromatic carbocycles. The highest BCUT2D eigenvalue weighted by molar-refractivity contribution is 6.74. The maximum absolute atomic E-state index is 11.9. The Balaban J connectivity index is 2.83. The van der Waals surface area contributed by atoms with Crippen LogP contribution in [-0.4, -0.2) is 20.2 Å². The Morgan fingerprint density at radius 1 is 1.21 bits per heavy atom. The van der Waals surface area contributed by atoms with Crippen LogP contribution in [-0.2, 0) is 15.6 Å². The van der Waals surface area contributed by atoms with Gasteiger partial charge in [0.25, 0.3) is 0 Å². The summed E-state index contributed by atoms with van der Waals surface area (Å²) in [6, 6.07) is 10.1. The molecule has 1 rings (SSSR count). The van der Waals surface area contributed by atoms with Crippen molar-refractivity contribution in [1.82, 2.24) is 0 Å². The first kappa shape index (κ1) is 16.1. The van der Waals surface area contributed by atoms with Crippen molar-refractivity contribution in [1.29, 1.82) is 0 Å². The Kier molecular flexibility index (Phi) is 5.10. The van der Waals surface area contributed by atoms with E-state index in [1.807, 2.05) is 30.3 Å². The second-order valence-corrected chi connectivity index (χ2v) is 11.4. The number of Topliss-reactive ketones (excluding diaryl/α,β-unsaturated/α-hetero) is 1. The first-order valence-electron chi connectivity index (χ1n) is 6.86. The minimum Gasteiger partial charge on any atom is -0.407 e. The zero-order valence-electron chi connectivity index (χ0n) is 13.0. The molecule has 1 aromatic rings. The van der Waals surface area contributed by atoms with Crippen molar-refractivity contribution >= 4 is 14.1 Å². The van der Waals surface area contributed by atoms with Gasteiger partial charge in [0.2, 0.25) is 0 Å². The molecule has 0 N–H and O–H groups in total.